The lowest BCUT2D eigenvalue weighted by Crippen LogP contribution is -2.31. The number of hydrogen-bond donors (Lipinski definition) is 1. The Morgan fingerprint density at radius 1 is 0.750 bits per heavy atom. The van der Waals surface area contributed by atoms with Crippen molar-refractivity contribution in [1.82, 2.24) is 19.9 Å². The van der Waals surface area contributed by atoms with Gasteiger partial charge in [-0.25, -0.2) is 19.9 Å². The molecule has 2 aromatic heterocycles. The lowest BCUT2D eigenvalue weighted by molar-refractivity contribution is 0.355. The highest BCUT2D eigenvalue weighted by Crippen LogP contribution is 2.34. The highest BCUT2D eigenvalue weighted by atomic mass is 35.5. The molecule has 0 atom stereocenters. The lowest BCUT2D eigenvalue weighted by atomic mass is 10.1. The largest absolute Gasteiger partial charge is 0.493 e. The maximum absolute atomic E-state index is 6.14. The predicted molar refractivity (Wildman–Crippen MR) is 160 cm³/mol. The van der Waals surface area contributed by atoms with Crippen LogP contribution in [0.15, 0.2) is 73.1 Å². The number of aromatic nitrogens is 4. The maximum Gasteiger partial charge on any atom is 0.226 e. The molecule has 0 unspecified atom stereocenters. The Kier molecular flexibility index (Phi) is 7.33. The molecule has 1 fully saturated rings. The first kappa shape index (κ1) is 25.8. The van der Waals surface area contributed by atoms with E-state index in [1.807, 2.05) is 54.6 Å². The number of nitrogens with one attached hydrogen (secondary N) is 1. The van der Waals surface area contributed by atoms with E-state index in [1.165, 1.54) is 12.7 Å². The summed E-state index contributed by atoms with van der Waals surface area (Å²) in [6.45, 7) is 1.91. The average Bonchev–Trinajstić information content (AvgIpc) is 3.01. The molecule has 40 heavy (non-hydrogen) atoms. The molecule has 0 spiro atoms. The van der Waals surface area contributed by atoms with Crippen molar-refractivity contribution in [2.24, 2.45) is 0 Å². The summed E-state index contributed by atoms with van der Waals surface area (Å²) in [5.41, 5.74) is 5.31. The normalized spacial score (nSPS) is 13.3. The minimum atomic E-state index is 0.641. The zero-order valence-electron chi connectivity index (χ0n) is 22.4. The van der Waals surface area contributed by atoms with E-state index in [2.05, 4.69) is 32.3 Å². The van der Waals surface area contributed by atoms with Crippen LogP contribution < -0.4 is 19.7 Å². The molecule has 1 aliphatic heterocycles. The zero-order valence-corrected chi connectivity index (χ0v) is 23.2. The Hall–Kier alpha value is -4.43. The van der Waals surface area contributed by atoms with E-state index in [4.69, 9.17) is 31.0 Å². The second-order valence-electron chi connectivity index (χ2n) is 9.64. The van der Waals surface area contributed by atoms with Crippen LogP contribution in [0.3, 0.4) is 0 Å². The number of hydrogen-bond acceptors (Lipinski definition) is 8. The summed E-state index contributed by atoms with van der Waals surface area (Å²) in [4.78, 5) is 21.0. The molecule has 3 aromatic carbocycles. The Morgan fingerprint density at radius 2 is 1.48 bits per heavy atom. The predicted octanol–water partition coefficient (Wildman–Crippen LogP) is 7.16. The van der Waals surface area contributed by atoms with Crippen molar-refractivity contribution in [3.63, 3.8) is 0 Å². The number of halogens is 1. The van der Waals surface area contributed by atoms with Gasteiger partial charge in [-0.15, -0.1) is 0 Å². The molecule has 5 aromatic rings. The molecule has 1 N–H and O–H groups in total. The van der Waals surface area contributed by atoms with Crippen LogP contribution in [-0.4, -0.2) is 47.2 Å². The summed E-state index contributed by atoms with van der Waals surface area (Å²) in [7, 11) is 3.28. The van der Waals surface area contributed by atoms with Gasteiger partial charge in [0.05, 0.1) is 31.1 Å². The monoisotopic (exact) mass is 552 g/mol. The van der Waals surface area contributed by atoms with Crippen LogP contribution in [0.2, 0.25) is 5.02 Å². The van der Waals surface area contributed by atoms with E-state index >= 15 is 0 Å². The van der Waals surface area contributed by atoms with Crippen molar-refractivity contribution in [3.8, 4) is 34.0 Å². The fourth-order valence-electron chi connectivity index (χ4n) is 4.95. The number of ether oxygens (including phenoxy) is 2. The molecule has 6 rings (SSSR count). The number of fused-ring (bicyclic) bond motifs is 1. The Morgan fingerprint density at radius 3 is 2.23 bits per heavy atom. The molecule has 0 saturated carbocycles. The number of nitrogens with zero attached hydrogens (tertiary/aromatic N) is 5. The van der Waals surface area contributed by atoms with Crippen molar-refractivity contribution in [3.05, 3.63) is 78.1 Å². The number of benzene rings is 3. The lowest BCUT2D eigenvalue weighted by Gasteiger charge is -2.27. The van der Waals surface area contributed by atoms with Crippen LogP contribution in [0.4, 0.5) is 17.5 Å². The van der Waals surface area contributed by atoms with Crippen molar-refractivity contribution >= 4 is 40.0 Å². The molecule has 0 radical (unpaired) electrons. The highest BCUT2D eigenvalue weighted by Gasteiger charge is 2.18. The summed E-state index contributed by atoms with van der Waals surface area (Å²) >= 11 is 6.14. The van der Waals surface area contributed by atoms with Crippen LogP contribution in [0.1, 0.15) is 19.3 Å². The van der Waals surface area contributed by atoms with Crippen LogP contribution in [-0.2, 0) is 0 Å². The molecular weight excluding hydrogens is 524 g/mol. The molecule has 202 valence electrons. The summed E-state index contributed by atoms with van der Waals surface area (Å²) in [6.07, 6.45) is 5.06. The highest BCUT2D eigenvalue weighted by molar-refractivity contribution is 6.31. The average molecular weight is 553 g/mol. The maximum atomic E-state index is 6.14. The molecular formula is C31H29ClN6O2. The molecule has 9 heteroatoms. The van der Waals surface area contributed by atoms with E-state index < -0.39 is 0 Å². The SMILES string of the molecule is COc1ccc(-c2cc(-c3ccc(Nc4ncnc5cc(Cl)ccc45)cc3)nc(N3CCCCC3)n2)cc1OC. The van der Waals surface area contributed by atoms with Gasteiger partial charge in [-0.3, -0.25) is 0 Å². The third kappa shape index (κ3) is 5.35. The van der Waals surface area contributed by atoms with Crippen molar-refractivity contribution in [2.45, 2.75) is 19.3 Å². The first-order valence-corrected chi connectivity index (χ1v) is 13.6. The fourth-order valence-corrected chi connectivity index (χ4v) is 5.12. The molecule has 0 amide bonds. The third-order valence-electron chi connectivity index (χ3n) is 7.07. The topological polar surface area (TPSA) is 85.3 Å². The standard InChI is InChI=1S/C31H29ClN6O2/c1-39-28-13-8-21(16-29(28)40-2)26-18-25(36-31(37-26)38-14-4-3-5-15-38)20-6-10-23(11-7-20)35-30-24-12-9-22(32)17-27(24)33-19-34-30/h6-13,16-19H,3-5,14-15H2,1-2H3,(H,33,34,35). The number of methoxy groups -OCH3 is 2. The zero-order chi connectivity index (χ0) is 27.5. The summed E-state index contributed by atoms with van der Waals surface area (Å²) in [6, 6.07) is 21.7. The van der Waals surface area contributed by atoms with Gasteiger partial charge in [0.15, 0.2) is 11.5 Å². The van der Waals surface area contributed by atoms with E-state index in [0.29, 0.717) is 16.5 Å². The van der Waals surface area contributed by atoms with Gasteiger partial charge in [0.1, 0.15) is 12.1 Å². The van der Waals surface area contributed by atoms with Gasteiger partial charge in [0, 0.05) is 40.3 Å². The van der Waals surface area contributed by atoms with Crippen LogP contribution in [0.5, 0.6) is 11.5 Å². The summed E-state index contributed by atoms with van der Waals surface area (Å²) in [5.74, 6) is 2.81. The van der Waals surface area contributed by atoms with Gasteiger partial charge in [-0.05, 0) is 73.9 Å². The summed E-state index contributed by atoms with van der Waals surface area (Å²) in [5, 5.41) is 4.95. The summed E-state index contributed by atoms with van der Waals surface area (Å²) < 4.78 is 11.0. The minimum absolute atomic E-state index is 0.641. The molecule has 1 saturated heterocycles. The molecule has 0 aliphatic carbocycles. The second kappa shape index (κ2) is 11.4. The van der Waals surface area contributed by atoms with Gasteiger partial charge < -0.3 is 19.7 Å². The molecule has 0 bridgehead atoms. The van der Waals surface area contributed by atoms with Gasteiger partial charge in [-0.1, -0.05) is 23.7 Å². The molecule has 1 aliphatic rings. The van der Waals surface area contributed by atoms with E-state index in [1.54, 1.807) is 14.2 Å². The quantitative estimate of drug-likeness (QED) is 0.228. The number of rotatable bonds is 7. The van der Waals surface area contributed by atoms with Gasteiger partial charge in [0.2, 0.25) is 5.95 Å². The fraction of sp³-hybridized carbons (Fsp3) is 0.226. The van der Waals surface area contributed by atoms with E-state index in [9.17, 15) is 0 Å². The van der Waals surface area contributed by atoms with Gasteiger partial charge >= 0.3 is 0 Å². The van der Waals surface area contributed by atoms with Crippen LogP contribution in [0, 0.1) is 0 Å². The number of anilines is 3. The van der Waals surface area contributed by atoms with Crippen molar-refractivity contribution in [2.75, 3.05) is 37.5 Å². The van der Waals surface area contributed by atoms with E-state index in [0.717, 1.165) is 76.8 Å². The third-order valence-corrected chi connectivity index (χ3v) is 7.31. The van der Waals surface area contributed by atoms with Crippen molar-refractivity contribution < 1.29 is 9.47 Å². The molecule has 8 nitrogen and oxygen atoms in total. The Bertz CT molecular complexity index is 1650. The Balaban J connectivity index is 1.35. The first-order valence-electron chi connectivity index (χ1n) is 13.3. The van der Waals surface area contributed by atoms with Crippen LogP contribution in [0.25, 0.3) is 33.4 Å². The van der Waals surface area contributed by atoms with Gasteiger partial charge in [-0.2, -0.15) is 0 Å². The molecule has 3 heterocycles. The Labute approximate surface area is 238 Å². The van der Waals surface area contributed by atoms with E-state index in [-0.39, 0.29) is 0 Å². The number of piperidine rings is 1. The van der Waals surface area contributed by atoms with Crippen LogP contribution >= 0.6 is 11.6 Å². The minimum Gasteiger partial charge on any atom is -0.493 e. The van der Waals surface area contributed by atoms with Gasteiger partial charge in [0.25, 0.3) is 0 Å². The second-order valence-corrected chi connectivity index (χ2v) is 10.1. The first-order chi connectivity index (χ1) is 19.6. The van der Waals surface area contributed by atoms with Crippen molar-refractivity contribution in [1.29, 1.82) is 0 Å². The smallest absolute Gasteiger partial charge is 0.226 e.